The minimum absolute atomic E-state index is 0.151. The van der Waals surface area contributed by atoms with E-state index in [-0.39, 0.29) is 5.43 Å². The third kappa shape index (κ3) is 4.42. The maximum atomic E-state index is 12.4. The van der Waals surface area contributed by atoms with E-state index in [9.17, 15) is 14.7 Å². The molecule has 0 bridgehead atoms. The van der Waals surface area contributed by atoms with Gasteiger partial charge in [0.2, 0.25) is 5.43 Å². The number of nitrogens with zero attached hydrogens (tertiary/aromatic N) is 5. The van der Waals surface area contributed by atoms with Crippen LogP contribution in [0.1, 0.15) is 36.9 Å². The van der Waals surface area contributed by atoms with Gasteiger partial charge in [0.25, 0.3) is 0 Å². The van der Waals surface area contributed by atoms with E-state index in [4.69, 9.17) is 0 Å². The van der Waals surface area contributed by atoms with Gasteiger partial charge in [-0.05, 0) is 36.5 Å². The van der Waals surface area contributed by atoms with Crippen LogP contribution in [-0.4, -0.2) is 37.3 Å². The molecule has 3 aromatic rings. The normalized spacial score (nSPS) is 14.2. The number of rotatable bonds is 6. The summed E-state index contributed by atoms with van der Waals surface area (Å²) in [7, 11) is 1.82. The van der Waals surface area contributed by atoms with Gasteiger partial charge in [0.05, 0.1) is 12.4 Å². The molecule has 4 rings (SSSR count). The van der Waals surface area contributed by atoms with Crippen molar-refractivity contribution in [3.8, 4) is 5.69 Å². The highest BCUT2D eigenvalue weighted by molar-refractivity contribution is 5.86. The number of aromatic nitrogens is 4. The van der Waals surface area contributed by atoms with Gasteiger partial charge in [-0.3, -0.25) is 14.4 Å². The van der Waals surface area contributed by atoms with E-state index in [2.05, 4.69) is 10.2 Å². The maximum Gasteiger partial charge on any atom is 0.411 e. The van der Waals surface area contributed by atoms with Crippen LogP contribution in [0.5, 0.6) is 0 Å². The molecule has 0 spiro atoms. The minimum Gasteiger partial charge on any atom is -0.465 e. The molecule has 8 heteroatoms. The Balaban J connectivity index is 1.58. The second-order valence-electron chi connectivity index (χ2n) is 7.83. The number of anilines is 1. The average molecular weight is 407 g/mol. The number of carbonyl (C=O) groups is 1. The van der Waals surface area contributed by atoms with Gasteiger partial charge < -0.3 is 5.11 Å². The summed E-state index contributed by atoms with van der Waals surface area (Å²) in [5, 5.41) is 18.3. The largest absolute Gasteiger partial charge is 0.465 e. The quantitative estimate of drug-likeness (QED) is 0.677. The zero-order chi connectivity index (χ0) is 21.1. The Hall–Kier alpha value is -3.42. The molecule has 1 amide bonds. The topological polar surface area (TPSA) is 93.2 Å². The molecule has 1 aliphatic rings. The van der Waals surface area contributed by atoms with Crippen molar-refractivity contribution < 1.29 is 9.90 Å². The molecule has 2 aromatic heterocycles. The highest BCUT2D eigenvalue weighted by Crippen LogP contribution is 2.28. The summed E-state index contributed by atoms with van der Waals surface area (Å²) in [4.78, 5) is 25.7. The molecule has 1 fully saturated rings. The minimum atomic E-state index is -0.948. The molecule has 0 saturated heterocycles. The molecule has 8 nitrogen and oxygen atoms in total. The maximum absolute atomic E-state index is 12.4. The average Bonchev–Trinajstić information content (AvgIpc) is 3.39. The highest BCUT2D eigenvalue weighted by Gasteiger charge is 2.23. The zero-order valence-corrected chi connectivity index (χ0v) is 16.9. The second kappa shape index (κ2) is 8.52. The third-order valence-corrected chi connectivity index (χ3v) is 5.58. The standard InChI is InChI=1S/C22H25N5O3/c1-25-15-19(13-23-25)27-10-9-21(28)20(24-27)12-17-7-4-8-18(11-17)26(22(29)30)14-16-5-2-3-6-16/h4,7-11,13,15-16H,2-3,5-6,12,14H2,1H3,(H,29,30). The van der Waals surface area contributed by atoms with Gasteiger partial charge in [-0.1, -0.05) is 25.0 Å². The molecule has 1 N–H and O–H groups in total. The van der Waals surface area contributed by atoms with Crippen LogP contribution < -0.4 is 10.3 Å². The molecule has 0 atom stereocenters. The number of hydrogen-bond acceptors (Lipinski definition) is 4. The Morgan fingerprint density at radius 2 is 2.07 bits per heavy atom. The molecule has 0 radical (unpaired) electrons. The first-order chi connectivity index (χ1) is 14.5. The predicted octanol–water partition coefficient (Wildman–Crippen LogP) is 3.23. The van der Waals surface area contributed by atoms with Crippen molar-refractivity contribution in [2.24, 2.45) is 13.0 Å². The van der Waals surface area contributed by atoms with Crippen LogP contribution in [0.4, 0.5) is 10.5 Å². The van der Waals surface area contributed by atoms with Gasteiger partial charge in [-0.25, -0.2) is 9.48 Å². The van der Waals surface area contributed by atoms with Crippen molar-refractivity contribution >= 4 is 11.8 Å². The van der Waals surface area contributed by atoms with Gasteiger partial charge in [0, 0.05) is 38.0 Å². The number of hydrogen-bond donors (Lipinski definition) is 1. The smallest absolute Gasteiger partial charge is 0.411 e. The fraction of sp³-hybridized carbons (Fsp3) is 0.364. The molecule has 1 aliphatic carbocycles. The Bertz CT molecular complexity index is 1100. The van der Waals surface area contributed by atoms with Crippen LogP contribution in [0.25, 0.3) is 5.69 Å². The van der Waals surface area contributed by atoms with Gasteiger partial charge in [-0.2, -0.15) is 10.2 Å². The SMILES string of the molecule is Cn1cc(-n2ccc(=O)c(Cc3cccc(N(CC4CCCC4)C(=O)O)c3)n2)cn1. The van der Waals surface area contributed by atoms with E-state index in [1.54, 1.807) is 27.8 Å². The number of aryl methyl sites for hydroxylation is 1. The summed E-state index contributed by atoms with van der Waals surface area (Å²) in [5.74, 6) is 0.409. The molecule has 1 saturated carbocycles. The molecule has 156 valence electrons. The van der Waals surface area contributed by atoms with Crippen molar-refractivity contribution in [1.82, 2.24) is 19.6 Å². The van der Waals surface area contributed by atoms with Crippen LogP contribution in [0, 0.1) is 5.92 Å². The summed E-state index contributed by atoms with van der Waals surface area (Å²) in [6.45, 7) is 0.510. The first-order valence-corrected chi connectivity index (χ1v) is 10.2. The van der Waals surface area contributed by atoms with E-state index in [0.717, 1.165) is 24.1 Å². The molecule has 0 unspecified atom stereocenters. The Kier molecular flexibility index (Phi) is 5.65. The van der Waals surface area contributed by atoms with E-state index < -0.39 is 6.09 Å². The third-order valence-electron chi connectivity index (χ3n) is 5.58. The molecular weight excluding hydrogens is 382 g/mol. The lowest BCUT2D eigenvalue weighted by molar-refractivity contribution is 0.200. The zero-order valence-electron chi connectivity index (χ0n) is 16.9. The first kappa shape index (κ1) is 19.9. The molecule has 30 heavy (non-hydrogen) atoms. The predicted molar refractivity (Wildman–Crippen MR) is 113 cm³/mol. The number of carboxylic acid groups (broad SMARTS) is 1. The number of amides is 1. The summed E-state index contributed by atoms with van der Waals surface area (Å²) < 4.78 is 3.29. The van der Waals surface area contributed by atoms with E-state index in [0.29, 0.717) is 30.3 Å². The van der Waals surface area contributed by atoms with Crippen LogP contribution in [-0.2, 0) is 13.5 Å². The summed E-state index contributed by atoms with van der Waals surface area (Å²) in [6.07, 6.45) is 8.97. The fourth-order valence-electron chi connectivity index (χ4n) is 4.01. The van der Waals surface area contributed by atoms with Crippen molar-refractivity contribution in [1.29, 1.82) is 0 Å². The van der Waals surface area contributed by atoms with Crippen LogP contribution in [0.15, 0.2) is 53.7 Å². The van der Waals surface area contributed by atoms with Gasteiger partial charge in [0.15, 0.2) is 0 Å². The van der Waals surface area contributed by atoms with Crippen molar-refractivity contribution in [2.75, 3.05) is 11.4 Å². The lowest BCUT2D eigenvalue weighted by Crippen LogP contribution is -2.33. The van der Waals surface area contributed by atoms with E-state index in [1.807, 2.05) is 31.4 Å². The molecule has 1 aromatic carbocycles. The Morgan fingerprint density at radius 3 is 2.77 bits per heavy atom. The molecule has 0 aliphatic heterocycles. The van der Waals surface area contributed by atoms with E-state index >= 15 is 0 Å². The lowest BCUT2D eigenvalue weighted by Gasteiger charge is -2.23. The fourth-order valence-corrected chi connectivity index (χ4v) is 4.01. The lowest BCUT2D eigenvalue weighted by atomic mass is 10.1. The van der Waals surface area contributed by atoms with Crippen LogP contribution >= 0.6 is 0 Å². The summed E-state index contributed by atoms with van der Waals surface area (Å²) in [6, 6.07) is 8.85. The molecule has 2 heterocycles. The Morgan fingerprint density at radius 1 is 1.27 bits per heavy atom. The van der Waals surface area contributed by atoms with E-state index in [1.165, 1.54) is 23.8 Å². The second-order valence-corrected chi connectivity index (χ2v) is 7.83. The Labute approximate surface area is 174 Å². The monoisotopic (exact) mass is 407 g/mol. The van der Waals surface area contributed by atoms with Gasteiger partial charge in [0.1, 0.15) is 11.4 Å². The highest BCUT2D eigenvalue weighted by atomic mass is 16.4. The van der Waals surface area contributed by atoms with Gasteiger partial charge in [-0.15, -0.1) is 0 Å². The van der Waals surface area contributed by atoms with Crippen molar-refractivity contribution in [2.45, 2.75) is 32.1 Å². The summed E-state index contributed by atoms with van der Waals surface area (Å²) >= 11 is 0. The summed E-state index contributed by atoms with van der Waals surface area (Å²) in [5.41, 5.74) is 2.49. The van der Waals surface area contributed by atoms with Crippen LogP contribution in [0.2, 0.25) is 0 Å². The van der Waals surface area contributed by atoms with Crippen molar-refractivity contribution in [3.63, 3.8) is 0 Å². The van der Waals surface area contributed by atoms with Crippen molar-refractivity contribution in [3.05, 3.63) is 70.4 Å². The molecular formula is C22H25N5O3. The van der Waals surface area contributed by atoms with Gasteiger partial charge >= 0.3 is 6.09 Å². The first-order valence-electron chi connectivity index (χ1n) is 10.2. The van der Waals surface area contributed by atoms with Crippen LogP contribution in [0.3, 0.4) is 0 Å². The number of benzene rings is 1.